The Bertz CT molecular complexity index is 631. The molecule has 3 heteroatoms. The van der Waals surface area contributed by atoms with Gasteiger partial charge >= 0.3 is 0 Å². The van der Waals surface area contributed by atoms with Gasteiger partial charge in [-0.3, -0.25) is 4.79 Å². The van der Waals surface area contributed by atoms with Crippen LogP contribution in [0.25, 0.3) is 0 Å². The van der Waals surface area contributed by atoms with Crippen LogP contribution in [0, 0.1) is 0 Å². The van der Waals surface area contributed by atoms with Gasteiger partial charge in [0.05, 0.1) is 5.60 Å². The lowest BCUT2D eigenvalue weighted by Gasteiger charge is -2.22. The van der Waals surface area contributed by atoms with Crippen LogP contribution >= 0.6 is 0 Å². The summed E-state index contributed by atoms with van der Waals surface area (Å²) in [5, 5.41) is 12.9. The molecule has 0 aromatic heterocycles. The molecule has 0 bridgehead atoms. The first kappa shape index (κ1) is 27.6. The van der Waals surface area contributed by atoms with Gasteiger partial charge in [-0.05, 0) is 32.6 Å². The highest BCUT2D eigenvalue weighted by Gasteiger charge is 2.19. The zero-order valence-electron chi connectivity index (χ0n) is 19.1. The highest BCUT2D eigenvalue weighted by Crippen LogP contribution is 2.11. The predicted octanol–water partition coefficient (Wildman–Crippen LogP) is 6.52. The number of amides is 1. The van der Waals surface area contributed by atoms with Crippen molar-refractivity contribution >= 4 is 5.91 Å². The fraction of sp³-hybridized carbons (Fsp3) is 0.444. The van der Waals surface area contributed by atoms with Gasteiger partial charge in [0, 0.05) is 12.6 Å². The molecular formula is C27H41NO2. The molecule has 0 aliphatic carbocycles. The summed E-state index contributed by atoms with van der Waals surface area (Å²) >= 11 is 0. The Morgan fingerprint density at radius 1 is 0.767 bits per heavy atom. The van der Waals surface area contributed by atoms with Crippen molar-refractivity contribution in [3.63, 3.8) is 0 Å². The van der Waals surface area contributed by atoms with Crippen LogP contribution in [0.4, 0.5) is 0 Å². The number of rotatable bonds is 16. The van der Waals surface area contributed by atoms with Crippen LogP contribution in [0.5, 0.6) is 0 Å². The van der Waals surface area contributed by atoms with Gasteiger partial charge in [0.1, 0.15) is 0 Å². The fourth-order valence-electron chi connectivity index (χ4n) is 2.39. The lowest BCUT2D eigenvalue weighted by Crippen LogP contribution is -2.39. The van der Waals surface area contributed by atoms with Crippen LogP contribution in [0.3, 0.4) is 0 Å². The van der Waals surface area contributed by atoms with Gasteiger partial charge in [0.15, 0.2) is 0 Å². The molecule has 2 N–H and O–H groups in total. The number of aliphatic hydroxyl groups is 1. The zero-order chi connectivity index (χ0) is 22.3. The predicted molar refractivity (Wildman–Crippen MR) is 131 cm³/mol. The average molecular weight is 412 g/mol. The first-order valence-electron chi connectivity index (χ1n) is 11.2. The molecule has 0 radical (unpaired) electrons. The molecule has 3 nitrogen and oxygen atoms in total. The van der Waals surface area contributed by atoms with E-state index in [1.807, 2.05) is 42.5 Å². The molecular weight excluding hydrogens is 370 g/mol. The molecule has 0 aliphatic heterocycles. The third kappa shape index (κ3) is 20.3. The lowest BCUT2D eigenvalue weighted by atomic mass is 9.99. The summed E-state index contributed by atoms with van der Waals surface area (Å²) in [4.78, 5) is 11.7. The van der Waals surface area contributed by atoms with Crippen molar-refractivity contribution in [1.82, 2.24) is 5.32 Å². The Hall–Kier alpha value is -2.39. The second kappa shape index (κ2) is 19.9. The number of carbonyl (C=O) groups is 1. The number of allylic oxidation sites excluding steroid dienone is 13. The van der Waals surface area contributed by atoms with E-state index >= 15 is 0 Å². The quantitative estimate of drug-likeness (QED) is 0.173. The minimum Gasteiger partial charge on any atom is -0.388 e. The van der Waals surface area contributed by atoms with Crippen LogP contribution in [0.1, 0.15) is 65.7 Å². The van der Waals surface area contributed by atoms with Crippen molar-refractivity contribution in [3.05, 3.63) is 85.1 Å². The Kier molecular flexibility index (Phi) is 18.3. The van der Waals surface area contributed by atoms with E-state index in [1.54, 1.807) is 13.0 Å². The minimum atomic E-state index is -0.843. The first-order chi connectivity index (χ1) is 14.5. The van der Waals surface area contributed by atoms with Crippen molar-refractivity contribution in [1.29, 1.82) is 0 Å². The molecule has 0 rings (SSSR count). The van der Waals surface area contributed by atoms with E-state index in [2.05, 4.69) is 49.5 Å². The number of unbranched alkanes of at least 4 members (excludes halogenated alkanes) is 3. The topological polar surface area (TPSA) is 49.3 Å². The van der Waals surface area contributed by atoms with Gasteiger partial charge in [-0.1, -0.05) is 112 Å². The summed E-state index contributed by atoms with van der Waals surface area (Å²) in [6.45, 7) is 6.29. The van der Waals surface area contributed by atoms with Crippen LogP contribution in [-0.2, 0) is 4.79 Å². The SMILES string of the molecule is CCCC=CC=CC=CC=CCCC=CC=CC=CC(=O)NCC(C)(O)CCCC. The molecule has 0 aromatic carbocycles. The van der Waals surface area contributed by atoms with E-state index < -0.39 is 5.60 Å². The number of nitrogens with one attached hydrogen (secondary N) is 1. The molecule has 166 valence electrons. The highest BCUT2D eigenvalue weighted by molar-refractivity contribution is 5.87. The number of hydrogen-bond acceptors (Lipinski definition) is 2. The maximum Gasteiger partial charge on any atom is 0.244 e. The summed E-state index contributed by atoms with van der Waals surface area (Å²) in [5.41, 5.74) is -0.843. The highest BCUT2D eigenvalue weighted by atomic mass is 16.3. The first-order valence-corrected chi connectivity index (χ1v) is 11.2. The van der Waals surface area contributed by atoms with Crippen molar-refractivity contribution in [2.75, 3.05) is 6.54 Å². The molecule has 0 saturated carbocycles. The molecule has 0 fully saturated rings. The molecule has 1 atom stereocenters. The summed E-state index contributed by atoms with van der Waals surface area (Å²) in [6.07, 6.45) is 34.5. The monoisotopic (exact) mass is 411 g/mol. The van der Waals surface area contributed by atoms with Crippen molar-refractivity contribution in [2.24, 2.45) is 0 Å². The Morgan fingerprint density at radius 3 is 1.80 bits per heavy atom. The molecule has 1 amide bonds. The second-order valence-corrected chi connectivity index (χ2v) is 7.48. The van der Waals surface area contributed by atoms with E-state index in [9.17, 15) is 9.90 Å². The molecule has 1 unspecified atom stereocenters. The third-order valence-corrected chi connectivity index (χ3v) is 4.21. The number of carbonyl (C=O) groups excluding carboxylic acids is 1. The van der Waals surface area contributed by atoms with Crippen LogP contribution < -0.4 is 5.32 Å². The summed E-state index contributed by atoms with van der Waals surface area (Å²) in [6, 6.07) is 0. The van der Waals surface area contributed by atoms with Gasteiger partial charge in [-0.2, -0.15) is 0 Å². The van der Waals surface area contributed by atoms with E-state index in [-0.39, 0.29) is 12.5 Å². The Morgan fingerprint density at radius 2 is 1.27 bits per heavy atom. The molecule has 0 aliphatic rings. The molecule has 0 saturated heterocycles. The normalized spacial score (nSPS) is 15.2. The van der Waals surface area contributed by atoms with E-state index in [4.69, 9.17) is 0 Å². The van der Waals surface area contributed by atoms with Crippen molar-refractivity contribution in [2.45, 2.75) is 71.3 Å². The van der Waals surface area contributed by atoms with Crippen molar-refractivity contribution < 1.29 is 9.90 Å². The minimum absolute atomic E-state index is 0.189. The number of hydrogen-bond donors (Lipinski definition) is 2. The zero-order valence-corrected chi connectivity index (χ0v) is 19.1. The maximum atomic E-state index is 11.7. The summed E-state index contributed by atoms with van der Waals surface area (Å²) in [5.74, 6) is -0.189. The molecule has 0 spiro atoms. The molecule has 0 aromatic rings. The fourth-order valence-corrected chi connectivity index (χ4v) is 2.39. The van der Waals surface area contributed by atoms with Crippen molar-refractivity contribution in [3.8, 4) is 0 Å². The van der Waals surface area contributed by atoms with Crippen LogP contribution in [0.15, 0.2) is 85.1 Å². The molecule has 30 heavy (non-hydrogen) atoms. The second-order valence-electron chi connectivity index (χ2n) is 7.48. The van der Waals surface area contributed by atoms with E-state index in [1.165, 1.54) is 12.5 Å². The van der Waals surface area contributed by atoms with E-state index in [0.29, 0.717) is 6.42 Å². The van der Waals surface area contributed by atoms with Crippen LogP contribution in [0.2, 0.25) is 0 Å². The smallest absolute Gasteiger partial charge is 0.244 e. The maximum absolute atomic E-state index is 11.7. The van der Waals surface area contributed by atoms with Gasteiger partial charge < -0.3 is 10.4 Å². The average Bonchev–Trinajstić information content (AvgIpc) is 2.73. The Labute approximate surface area is 184 Å². The third-order valence-electron chi connectivity index (χ3n) is 4.21. The molecule has 0 heterocycles. The van der Waals surface area contributed by atoms with Crippen LogP contribution in [-0.4, -0.2) is 23.2 Å². The van der Waals surface area contributed by atoms with Gasteiger partial charge in [0.25, 0.3) is 0 Å². The van der Waals surface area contributed by atoms with Gasteiger partial charge in [-0.25, -0.2) is 0 Å². The Balaban J connectivity index is 3.89. The standard InChI is InChI=1S/C27H41NO2/c1-4-6-8-9-10-11-12-13-14-15-16-17-18-19-20-21-22-23-26(29)28-25-27(3,30)24-7-5-2/h8-15,18-23,30H,4-7,16-17,24-25H2,1-3H3,(H,28,29). The largest absolute Gasteiger partial charge is 0.388 e. The van der Waals surface area contributed by atoms with Gasteiger partial charge in [-0.15, -0.1) is 0 Å². The summed E-state index contributed by atoms with van der Waals surface area (Å²) in [7, 11) is 0. The van der Waals surface area contributed by atoms with E-state index in [0.717, 1.165) is 32.1 Å². The van der Waals surface area contributed by atoms with Gasteiger partial charge in [0.2, 0.25) is 5.91 Å². The lowest BCUT2D eigenvalue weighted by molar-refractivity contribution is -0.117. The summed E-state index contributed by atoms with van der Waals surface area (Å²) < 4.78 is 0.